The summed E-state index contributed by atoms with van der Waals surface area (Å²) in [6, 6.07) is 7.25. The predicted molar refractivity (Wildman–Crippen MR) is 87.2 cm³/mol. The van der Waals surface area contributed by atoms with Gasteiger partial charge in [-0.25, -0.2) is 4.79 Å². The number of hydrogen-bond donors (Lipinski definition) is 2. The van der Waals surface area contributed by atoms with Gasteiger partial charge in [-0.3, -0.25) is 0 Å². The van der Waals surface area contributed by atoms with Gasteiger partial charge in [0.25, 0.3) is 0 Å². The number of likely N-dealkylation sites (tertiary alicyclic amines) is 1. The normalized spacial score (nSPS) is 17.4. The number of carbonyl (C=O) groups is 1. The highest BCUT2D eigenvalue weighted by Crippen LogP contribution is 2.22. The summed E-state index contributed by atoms with van der Waals surface area (Å²) in [7, 11) is 0. The van der Waals surface area contributed by atoms with E-state index in [0.717, 1.165) is 30.6 Å². The Morgan fingerprint density at radius 3 is 3.09 bits per heavy atom. The van der Waals surface area contributed by atoms with Crippen LogP contribution in [0.4, 0.5) is 10.5 Å². The molecule has 5 nitrogen and oxygen atoms in total. The molecule has 0 spiro atoms. The van der Waals surface area contributed by atoms with E-state index in [0.29, 0.717) is 24.8 Å². The summed E-state index contributed by atoms with van der Waals surface area (Å²) >= 11 is 0. The molecule has 2 N–H and O–H groups in total. The molecule has 0 bridgehead atoms. The highest BCUT2D eigenvalue weighted by Gasteiger charge is 2.25. The maximum atomic E-state index is 12.2. The smallest absolute Gasteiger partial charge is 0.321 e. The molecule has 1 fully saturated rings. The minimum atomic E-state index is -0.0995. The van der Waals surface area contributed by atoms with E-state index in [-0.39, 0.29) is 12.6 Å². The summed E-state index contributed by atoms with van der Waals surface area (Å²) < 4.78 is 5.57. The maximum Gasteiger partial charge on any atom is 0.321 e. The van der Waals surface area contributed by atoms with Crippen molar-refractivity contribution in [2.24, 2.45) is 5.92 Å². The zero-order chi connectivity index (χ0) is 15.9. The van der Waals surface area contributed by atoms with Gasteiger partial charge in [-0.15, -0.1) is 0 Å². The van der Waals surface area contributed by atoms with Crippen LogP contribution in [0.5, 0.6) is 5.75 Å². The van der Waals surface area contributed by atoms with Gasteiger partial charge in [0, 0.05) is 31.5 Å². The molecule has 1 saturated heterocycles. The second-order valence-corrected chi connectivity index (χ2v) is 5.82. The number of carbonyl (C=O) groups excluding carboxylic acids is 1. The second kappa shape index (κ2) is 7.84. The van der Waals surface area contributed by atoms with E-state index in [1.54, 1.807) is 4.90 Å². The van der Waals surface area contributed by atoms with Crippen molar-refractivity contribution in [1.29, 1.82) is 0 Å². The lowest BCUT2D eigenvalue weighted by atomic mass is 10.1. The van der Waals surface area contributed by atoms with E-state index in [1.165, 1.54) is 0 Å². The Balaban J connectivity index is 1.89. The van der Waals surface area contributed by atoms with Gasteiger partial charge >= 0.3 is 6.03 Å². The van der Waals surface area contributed by atoms with Gasteiger partial charge in [-0.1, -0.05) is 12.6 Å². The van der Waals surface area contributed by atoms with Crippen molar-refractivity contribution in [3.63, 3.8) is 0 Å². The lowest BCUT2D eigenvalue weighted by molar-refractivity contribution is 0.217. The number of ether oxygens (including phenoxy) is 1. The van der Waals surface area contributed by atoms with Crippen molar-refractivity contribution in [2.45, 2.75) is 19.8 Å². The predicted octanol–water partition coefficient (Wildman–Crippen LogP) is 2.88. The van der Waals surface area contributed by atoms with E-state index in [9.17, 15) is 4.79 Å². The Bertz CT molecular complexity index is 530. The number of benzene rings is 1. The first kappa shape index (κ1) is 16.4. The lowest BCUT2D eigenvalue weighted by Gasteiger charge is -2.17. The van der Waals surface area contributed by atoms with Crippen LogP contribution in [0, 0.1) is 5.92 Å². The molecule has 1 atom stereocenters. The molecule has 1 aliphatic rings. The Morgan fingerprint density at radius 2 is 2.36 bits per heavy atom. The Kier molecular flexibility index (Phi) is 5.83. The van der Waals surface area contributed by atoms with E-state index < -0.39 is 0 Å². The zero-order valence-corrected chi connectivity index (χ0v) is 13.0. The van der Waals surface area contributed by atoms with Gasteiger partial charge in [0.15, 0.2) is 0 Å². The van der Waals surface area contributed by atoms with Crippen LogP contribution in [0.2, 0.25) is 0 Å². The van der Waals surface area contributed by atoms with Crippen LogP contribution in [-0.2, 0) is 0 Å². The number of aliphatic hydroxyl groups is 1. The van der Waals surface area contributed by atoms with Gasteiger partial charge in [-0.05, 0) is 43.4 Å². The molecule has 120 valence electrons. The average Bonchev–Trinajstić information content (AvgIpc) is 2.95. The van der Waals surface area contributed by atoms with Crippen LogP contribution in [-0.4, -0.2) is 42.3 Å². The highest BCUT2D eigenvalue weighted by atomic mass is 16.5. The summed E-state index contributed by atoms with van der Waals surface area (Å²) in [5.74, 6) is 1.11. The Morgan fingerprint density at radius 1 is 1.55 bits per heavy atom. The molecule has 1 aromatic rings. The van der Waals surface area contributed by atoms with Crippen molar-refractivity contribution in [3.8, 4) is 5.75 Å². The number of amides is 2. The number of urea groups is 1. The number of nitrogens with one attached hydrogen (secondary N) is 1. The second-order valence-electron chi connectivity index (χ2n) is 5.82. The van der Waals surface area contributed by atoms with Crippen molar-refractivity contribution in [3.05, 3.63) is 36.4 Å². The summed E-state index contributed by atoms with van der Waals surface area (Å²) in [5.41, 5.74) is 1.66. The molecule has 1 aliphatic heterocycles. The maximum absolute atomic E-state index is 12.2. The van der Waals surface area contributed by atoms with Gasteiger partial charge in [0.05, 0.1) is 0 Å². The van der Waals surface area contributed by atoms with E-state index in [4.69, 9.17) is 9.84 Å². The summed E-state index contributed by atoms with van der Waals surface area (Å²) in [5, 5.41) is 11.9. The van der Waals surface area contributed by atoms with E-state index >= 15 is 0 Å². The third kappa shape index (κ3) is 4.77. The highest BCUT2D eigenvalue weighted by molar-refractivity contribution is 5.89. The molecular weight excluding hydrogens is 280 g/mol. The van der Waals surface area contributed by atoms with E-state index in [1.807, 2.05) is 31.2 Å². The molecule has 0 radical (unpaired) electrons. The summed E-state index contributed by atoms with van der Waals surface area (Å²) in [4.78, 5) is 14.0. The molecule has 5 heteroatoms. The van der Waals surface area contributed by atoms with Crippen molar-refractivity contribution in [2.75, 3.05) is 31.6 Å². The minimum absolute atomic E-state index is 0.0995. The third-order valence-corrected chi connectivity index (χ3v) is 3.68. The molecule has 2 amide bonds. The molecule has 1 heterocycles. The number of hydrogen-bond acceptors (Lipinski definition) is 3. The Hall–Kier alpha value is -2.01. The molecule has 22 heavy (non-hydrogen) atoms. The van der Waals surface area contributed by atoms with Crippen LogP contribution >= 0.6 is 0 Å². The monoisotopic (exact) mass is 304 g/mol. The fraction of sp³-hybridized carbons (Fsp3) is 0.471. The molecule has 0 unspecified atom stereocenters. The molecule has 2 rings (SSSR count). The molecule has 0 aliphatic carbocycles. The van der Waals surface area contributed by atoms with Crippen LogP contribution in [0.25, 0.3) is 0 Å². The van der Waals surface area contributed by atoms with Gasteiger partial charge in [-0.2, -0.15) is 0 Å². The quantitative estimate of drug-likeness (QED) is 0.794. The lowest BCUT2D eigenvalue weighted by Crippen LogP contribution is -2.33. The van der Waals surface area contributed by atoms with Gasteiger partial charge in [0.2, 0.25) is 0 Å². The molecular formula is C17H24N2O3. The van der Waals surface area contributed by atoms with Crippen molar-refractivity contribution in [1.82, 2.24) is 4.90 Å². The minimum Gasteiger partial charge on any atom is -0.489 e. The van der Waals surface area contributed by atoms with Crippen molar-refractivity contribution < 1.29 is 14.6 Å². The molecule has 0 aromatic heterocycles. The molecule has 1 aromatic carbocycles. The topological polar surface area (TPSA) is 61.8 Å². The number of nitrogens with zero attached hydrogens (tertiary/aromatic N) is 1. The summed E-state index contributed by atoms with van der Waals surface area (Å²) in [6.07, 6.45) is 1.71. The standard InChI is InChI=1S/C17H24N2O3/c1-13(2)12-22-16-5-3-4-15(10-16)18-17(21)19-8-6-14(11-19)7-9-20/h3-5,10,14,20H,1,6-9,11-12H2,2H3,(H,18,21)/t14-/m1/s1. The summed E-state index contributed by atoms with van der Waals surface area (Å²) in [6.45, 7) is 7.79. The van der Waals surface area contributed by atoms with Crippen LogP contribution in [0.1, 0.15) is 19.8 Å². The number of aliphatic hydroxyl groups excluding tert-OH is 1. The number of rotatable bonds is 6. The first-order chi connectivity index (χ1) is 10.6. The first-order valence-electron chi connectivity index (χ1n) is 7.62. The largest absolute Gasteiger partial charge is 0.489 e. The van der Waals surface area contributed by atoms with Crippen LogP contribution in [0.15, 0.2) is 36.4 Å². The fourth-order valence-electron chi connectivity index (χ4n) is 2.51. The first-order valence-corrected chi connectivity index (χ1v) is 7.62. The fourth-order valence-corrected chi connectivity index (χ4v) is 2.51. The SMILES string of the molecule is C=C(C)COc1cccc(NC(=O)N2CC[C@H](CCO)C2)c1. The van der Waals surface area contributed by atoms with Gasteiger partial charge < -0.3 is 20.1 Å². The zero-order valence-electron chi connectivity index (χ0n) is 13.0. The average molecular weight is 304 g/mol. The molecule has 0 saturated carbocycles. The van der Waals surface area contributed by atoms with Crippen molar-refractivity contribution >= 4 is 11.7 Å². The van der Waals surface area contributed by atoms with Crippen LogP contribution < -0.4 is 10.1 Å². The third-order valence-electron chi connectivity index (χ3n) is 3.68. The Labute approximate surface area is 131 Å². The van der Waals surface area contributed by atoms with Gasteiger partial charge in [0.1, 0.15) is 12.4 Å². The van der Waals surface area contributed by atoms with Crippen LogP contribution in [0.3, 0.4) is 0 Å². The van der Waals surface area contributed by atoms with E-state index in [2.05, 4.69) is 11.9 Å². The number of anilines is 1.